The number of fused-ring (bicyclic) bond motifs is 1. The lowest BCUT2D eigenvalue weighted by Crippen LogP contribution is -1.97. The summed E-state index contributed by atoms with van der Waals surface area (Å²) in [7, 11) is 3.23. The van der Waals surface area contributed by atoms with Crippen LogP contribution in [0.25, 0.3) is 22.0 Å². The fourth-order valence-electron chi connectivity index (χ4n) is 2.34. The van der Waals surface area contributed by atoms with Crippen molar-refractivity contribution in [2.45, 2.75) is 0 Å². The number of methoxy groups -OCH3 is 2. The van der Waals surface area contributed by atoms with Gasteiger partial charge in [-0.25, -0.2) is 0 Å². The summed E-state index contributed by atoms with van der Waals surface area (Å²) in [5, 5.41) is 10.4. The highest BCUT2D eigenvalue weighted by Gasteiger charge is 2.18. The first kappa shape index (κ1) is 13.6. The van der Waals surface area contributed by atoms with E-state index in [-0.39, 0.29) is 0 Å². The molecule has 106 valence electrons. The average Bonchev–Trinajstić information content (AvgIpc) is 2.55. The standard InChI is InChI=1S/C16H13ClN2O2/c1-20-12-8-5-9-13(21-2)14(12)15-10-6-3-4-7-11(10)16(17)19-18-15/h3-9H,1-2H3. The molecule has 5 heteroatoms. The van der Waals surface area contributed by atoms with Crippen molar-refractivity contribution in [3.05, 3.63) is 47.6 Å². The van der Waals surface area contributed by atoms with Crippen molar-refractivity contribution in [2.75, 3.05) is 14.2 Å². The minimum absolute atomic E-state index is 0.378. The van der Waals surface area contributed by atoms with Gasteiger partial charge in [0.1, 0.15) is 17.2 Å². The molecular formula is C16H13ClN2O2. The van der Waals surface area contributed by atoms with Gasteiger partial charge in [-0.15, -0.1) is 10.2 Å². The highest BCUT2D eigenvalue weighted by atomic mass is 35.5. The summed E-state index contributed by atoms with van der Waals surface area (Å²) in [5.41, 5.74) is 1.45. The SMILES string of the molecule is COc1cccc(OC)c1-c1nnc(Cl)c2ccccc12. The van der Waals surface area contributed by atoms with Gasteiger partial charge in [-0.05, 0) is 12.1 Å². The van der Waals surface area contributed by atoms with Crippen LogP contribution in [0.5, 0.6) is 11.5 Å². The third-order valence-corrected chi connectivity index (χ3v) is 3.59. The van der Waals surface area contributed by atoms with Crippen LogP contribution in [-0.2, 0) is 0 Å². The summed E-state index contributed by atoms with van der Waals surface area (Å²) in [4.78, 5) is 0. The van der Waals surface area contributed by atoms with E-state index in [9.17, 15) is 0 Å². The van der Waals surface area contributed by atoms with Crippen molar-refractivity contribution in [2.24, 2.45) is 0 Å². The lowest BCUT2D eigenvalue weighted by Gasteiger charge is -2.13. The van der Waals surface area contributed by atoms with Crippen LogP contribution in [0, 0.1) is 0 Å². The summed E-state index contributed by atoms with van der Waals surface area (Å²) in [6, 6.07) is 13.3. The number of nitrogens with zero attached hydrogens (tertiary/aromatic N) is 2. The zero-order valence-corrected chi connectivity index (χ0v) is 12.4. The van der Waals surface area contributed by atoms with Crippen LogP contribution >= 0.6 is 11.6 Å². The van der Waals surface area contributed by atoms with Gasteiger partial charge in [0.05, 0.1) is 19.8 Å². The second-order valence-corrected chi connectivity index (χ2v) is 4.78. The van der Waals surface area contributed by atoms with Gasteiger partial charge in [-0.1, -0.05) is 41.9 Å². The summed E-state index contributed by atoms with van der Waals surface area (Å²) in [6.07, 6.45) is 0. The number of aromatic nitrogens is 2. The predicted molar refractivity (Wildman–Crippen MR) is 83.1 cm³/mol. The van der Waals surface area contributed by atoms with Crippen LogP contribution < -0.4 is 9.47 Å². The van der Waals surface area contributed by atoms with Gasteiger partial charge in [0.15, 0.2) is 5.15 Å². The first-order valence-corrected chi connectivity index (χ1v) is 6.76. The van der Waals surface area contributed by atoms with Gasteiger partial charge in [0.25, 0.3) is 0 Å². The van der Waals surface area contributed by atoms with Crippen LogP contribution in [0.1, 0.15) is 0 Å². The van der Waals surface area contributed by atoms with E-state index in [0.717, 1.165) is 16.3 Å². The third kappa shape index (κ3) is 2.28. The number of halogens is 1. The molecule has 21 heavy (non-hydrogen) atoms. The van der Waals surface area contributed by atoms with Crippen molar-refractivity contribution in [3.8, 4) is 22.8 Å². The second-order valence-electron chi connectivity index (χ2n) is 4.42. The van der Waals surface area contributed by atoms with Gasteiger partial charge in [0, 0.05) is 10.8 Å². The maximum atomic E-state index is 6.13. The van der Waals surface area contributed by atoms with Crippen LogP contribution in [0.3, 0.4) is 0 Å². The number of ether oxygens (including phenoxy) is 2. The molecule has 0 unspecified atom stereocenters. The summed E-state index contributed by atoms with van der Waals surface area (Å²) < 4.78 is 10.9. The molecule has 0 fully saturated rings. The monoisotopic (exact) mass is 300 g/mol. The Kier molecular flexibility index (Phi) is 3.62. The minimum Gasteiger partial charge on any atom is -0.496 e. The molecule has 3 aromatic rings. The Hall–Kier alpha value is -2.33. The molecule has 0 aliphatic rings. The summed E-state index contributed by atoms with van der Waals surface area (Å²) in [5.74, 6) is 1.35. The quantitative estimate of drug-likeness (QED) is 0.734. The van der Waals surface area contributed by atoms with Gasteiger partial charge in [-0.2, -0.15) is 0 Å². The normalized spacial score (nSPS) is 10.6. The molecule has 3 rings (SSSR count). The van der Waals surface area contributed by atoms with Crippen LogP contribution in [0.15, 0.2) is 42.5 Å². The Balaban J connectivity index is 2.39. The molecule has 0 saturated carbocycles. The van der Waals surface area contributed by atoms with Crippen LogP contribution in [0.4, 0.5) is 0 Å². The first-order chi connectivity index (χ1) is 10.3. The number of hydrogen-bond acceptors (Lipinski definition) is 4. The summed E-state index contributed by atoms with van der Waals surface area (Å²) >= 11 is 6.13. The second kappa shape index (κ2) is 5.58. The molecule has 0 radical (unpaired) electrons. The topological polar surface area (TPSA) is 44.2 Å². The van der Waals surface area contributed by atoms with Gasteiger partial charge < -0.3 is 9.47 Å². The number of benzene rings is 2. The van der Waals surface area contributed by atoms with Gasteiger partial charge in [0.2, 0.25) is 0 Å². The average molecular weight is 301 g/mol. The minimum atomic E-state index is 0.378. The van der Waals surface area contributed by atoms with E-state index in [2.05, 4.69) is 10.2 Å². The lowest BCUT2D eigenvalue weighted by molar-refractivity contribution is 0.397. The molecule has 1 aromatic heterocycles. The predicted octanol–water partition coefficient (Wildman–Crippen LogP) is 3.97. The van der Waals surface area contributed by atoms with E-state index in [0.29, 0.717) is 22.3 Å². The fraction of sp³-hybridized carbons (Fsp3) is 0.125. The molecular weight excluding hydrogens is 288 g/mol. The van der Waals surface area contributed by atoms with Crippen molar-refractivity contribution in [3.63, 3.8) is 0 Å². The van der Waals surface area contributed by atoms with Crippen LogP contribution in [-0.4, -0.2) is 24.4 Å². The van der Waals surface area contributed by atoms with Crippen molar-refractivity contribution >= 4 is 22.4 Å². The third-order valence-electron chi connectivity index (χ3n) is 3.31. The van der Waals surface area contributed by atoms with Crippen molar-refractivity contribution in [1.82, 2.24) is 10.2 Å². The molecule has 0 spiro atoms. The molecule has 0 aliphatic carbocycles. The van der Waals surface area contributed by atoms with E-state index >= 15 is 0 Å². The zero-order valence-electron chi connectivity index (χ0n) is 11.6. The molecule has 0 bridgehead atoms. The maximum absolute atomic E-state index is 6.13. The smallest absolute Gasteiger partial charge is 0.159 e. The van der Waals surface area contributed by atoms with E-state index in [1.165, 1.54) is 0 Å². The highest BCUT2D eigenvalue weighted by Crippen LogP contribution is 2.40. The molecule has 0 saturated heterocycles. The molecule has 4 nitrogen and oxygen atoms in total. The van der Waals surface area contributed by atoms with Crippen molar-refractivity contribution < 1.29 is 9.47 Å². The Morgan fingerprint density at radius 3 is 2.05 bits per heavy atom. The van der Waals surface area contributed by atoms with Gasteiger partial charge >= 0.3 is 0 Å². The fourth-order valence-corrected chi connectivity index (χ4v) is 2.54. The van der Waals surface area contributed by atoms with Crippen LogP contribution in [0.2, 0.25) is 5.15 Å². The Bertz CT molecular complexity index is 783. The molecule has 0 aliphatic heterocycles. The lowest BCUT2D eigenvalue weighted by atomic mass is 10.0. The molecule has 1 heterocycles. The molecule has 0 N–H and O–H groups in total. The Morgan fingerprint density at radius 2 is 1.43 bits per heavy atom. The maximum Gasteiger partial charge on any atom is 0.159 e. The molecule has 0 atom stereocenters. The highest BCUT2D eigenvalue weighted by molar-refractivity contribution is 6.34. The van der Waals surface area contributed by atoms with E-state index in [4.69, 9.17) is 21.1 Å². The summed E-state index contributed by atoms with van der Waals surface area (Å²) in [6.45, 7) is 0. The zero-order chi connectivity index (χ0) is 14.8. The number of hydrogen-bond donors (Lipinski definition) is 0. The van der Waals surface area contributed by atoms with Crippen molar-refractivity contribution in [1.29, 1.82) is 0 Å². The number of rotatable bonds is 3. The van der Waals surface area contributed by atoms with E-state index < -0.39 is 0 Å². The molecule has 0 amide bonds. The Labute approximate surface area is 127 Å². The Morgan fingerprint density at radius 1 is 0.810 bits per heavy atom. The van der Waals surface area contributed by atoms with E-state index in [1.807, 2.05) is 42.5 Å². The largest absolute Gasteiger partial charge is 0.496 e. The van der Waals surface area contributed by atoms with E-state index in [1.54, 1.807) is 14.2 Å². The molecule has 2 aromatic carbocycles. The van der Waals surface area contributed by atoms with Gasteiger partial charge in [-0.3, -0.25) is 0 Å². The first-order valence-electron chi connectivity index (χ1n) is 6.38.